The third kappa shape index (κ3) is 6.94. The Morgan fingerprint density at radius 1 is 1.10 bits per heavy atom. The maximum Gasteiger partial charge on any atom is 0.119 e. The Kier molecular flexibility index (Phi) is 9.95. The summed E-state index contributed by atoms with van der Waals surface area (Å²) in [5, 5.41) is 0. The third-order valence-corrected chi connectivity index (χ3v) is 8.08. The molecule has 1 heterocycles. The van der Waals surface area contributed by atoms with E-state index < -0.39 is 0 Å². The molecule has 1 saturated heterocycles. The summed E-state index contributed by atoms with van der Waals surface area (Å²) in [6, 6.07) is 7.11. The van der Waals surface area contributed by atoms with E-state index >= 15 is 0 Å². The zero-order valence-corrected chi connectivity index (χ0v) is 20.8. The molecule has 0 bridgehead atoms. The van der Waals surface area contributed by atoms with E-state index in [1.807, 2.05) is 13.2 Å². The Labute approximate surface area is 192 Å². The molecule has 3 rings (SSSR count). The van der Waals surface area contributed by atoms with Crippen molar-refractivity contribution < 1.29 is 9.47 Å². The van der Waals surface area contributed by atoms with E-state index in [9.17, 15) is 0 Å². The normalized spacial score (nSPS) is 25.2. The van der Waals surface area contributed by atoms with Crippen molar-refractivity contribution in [3.05, 3.63) is 28.2 Å². The van der Waals surface area contributed by atoms with Gasteiger partial charge in [-0.3, -0.25) is 4.90 Å². The van der Waals surface area contributed by atoms with Crippen molar-refractivity contribution >= 4 is 15.9 Å². The van der Waals surface area contributed by atoms with Crippen LogP contribution in [0.3, 0.4) is 0 Å². The quantitative estimate of drug-likeness (QED) is 0.432. The first-order valence-corrected chi connectivity index (χ1v) is 12.7. The lowest BCUT2D eigenvalue weighted by Crippen LogP contribution is -2.40. The molecule has 30 heavy (non-hydrogen) atoms. The van der Waals surface area contributed by atoms with Crippen molar-refractivity contribution in [3.63, 3.8) is 0 Å². The van der Waals surface area contributed by atoms with Gasteiger partial charge in [-0.15, -0.1) is 0 Å². The van der Waals surface area contributed by atoms with Crippen molar-refractivity contribution in [3.8, 4) is 5.75 Å². The Balaban J connectivity index is 1.37. The zero-order valence-electron chi connectivity index (χ0n) is 19.2. The summed E-state index contributed by atoms with van der Waals surface area (Å²) >= 11 is 3.72. The molecular weight excluding hydrogens is 440 g/mol. The summed E-state index contributed by atoms with van der Waals surface area (Å²) < 4.78 is 11.9. The fourth-order valence-corrected chi connectivity index (χ4v) is 5.81. The van der Waals surface area contributed by atoms with Crippen LogP contribution in [0.25, 0.3) is 0 Å². The Morgan fingerprint density at radius 3 is 2.60 bits per heavy atom. The highest BCUT2D eigenvalue weighted by Crippen LogP contribution is 2.32. The van der Waals surface area contributed by atoms with Crippen molar-refractivity contribution in [2.75, 3.05) is 53.6 Å². The molecule has 0 aromatic heterocycles. The standard InChI is InChI=1S/C25H41BrN2O2/c1-4-28(15-16-29-2)23-7-5-20(6-8-23)11-13-27-14-12-21(19-27)17-22-18-24(30-3)9-10-25(22)26/h9-10,18,20-21,23H,4-8,11-17,19H2,1-3H3. The molecule has 1 aromatic rings. The number of likely N-dealkylation sites (tertiary alicyclic amines) is 1. The van der Waals surface area contributed by atoms with Crippen LogP contribution in [0.1, 0.15) is 51.0 Å². The Hall–Kier alpha value is -0.620. The number of nitrogens with zero attached hydrogens (tertiary/aromatic N) is 2. The first-order valence-electron chi connectivity index (χ1n) is 11.9. The van der Waals surface area contributed by atoms with E-state index in [2.05, 4.69) is 44.8 Å². The Bertz CT molecular complexity index is 634. The van der Waals surface area contributed by atoms with Gasteiger partial charge >= 0.3 is 0 Å². The summed E-state index contributed by atoms with van der Waals surface area (Å²) in [6.45, 7) is 9.18. The van der Waals surface area contributed by atoms with Crippen molar-refractivity contribution in [2.45, 2.75) is 57.9 Å². The fourth-order valence-electron chi connectivity index (χ4n) is 5.40. The lowest BCUT2D eigenvalue weighted by molar-refractivity contribution is 0.0945. The first kappa shape index (κ1) is 24.0. The molecule has 0 spiro atoms. The number of likely N-dealkylation sites (N-methyl/N-ethyl adjacent to an activating group) is 1. The highest BCUT2D eigenvalue weighted by Gasteiger charge is 2.27. The minimum Gasteiger partial charge on any atom is -0.497 e. The van der Waals surface area contributed by atoms with Crippen LogP contribution >= 0.6 is 15.9 Å². The molecule has 1 saturated carbocycles. The van der Waals surface area contributed by atoms with Crippen LogP contribution in [-0.2, 0) is 11.2 Å². The molecule has 170 valence electrons. The largest absolute Gasteiger partial charge is 0.497 e. The predicted molar refractivity (Wildman–Crippen MR) is 128 cm³/mol. The summed E-state index contributed by atoms with van der Waals surface area (Å²) in [6.07, 6.45) is 9.40. The van der Waals surface area contributed by atoms with Crippen LogP contribution < -0.4 is 4.74 Å². The number of rotatable bonds is 11. The number of halogens is 1. The summed E-state index contributed by atoms with van der Waals surface area (Å²) in [5.41, 5.74) is 1.38. The van der Waals surface area contributed by atoms with E-state index in [1.54, 1.807) is 7.11 Å². The topological polar surface area (TPSA) is 24.9 Å². The maximum atomic E-state index is 5.41. The third-order valence-electron chi connectivity index (χ3n) is 7.31. The second-order valence-corrected chi connectivity index (χ2v) is 10.1. The van der Waals surface area contributed by atoms with Crippen LogP contribution in [0.4, 0.5) is 0 Å². The van der Waals surface area contributed by atoms with Crippen LogP contribution in [0.2, 0.25) is 0 Å². The first-order chi connectivity index (χ1) is 14.6. The Morgan fingerprint density at radius 2 is 1.90 bits per heavy atom. The van der Waals surface area contributed by atoms with Crippen LogP contribution in [-0.4, -0.2) is 69.4 Å². The maximum absolute atomic E-state index is 5.41. The SMILES string of the molecule is CCN(CCOC)C1CCC(CCN2CCC(Cc3cc(OC)ccc3Br)C2)CC1. The number of methoxy groups -OCH3 is 2. The molecule has 0 N–H and O–H groups in total. The van der Waals surface area contributed by atoms with Crippen LogP contribution in [0, 0.1) is 11.8 Å². The van der Waals surface area contributed by atoms with Gasteiger partial charge in [0.15, 0.2) is 0 Å². The van der Waals surface area contributed by atoms with Gasteiger partial charge in [0.2, 0.25) is 0 Å². The number of benzene rings is 1. The molecular formula is C25H41BrN2O2. The molecule has 2 aliphatic rings. The highest BCUT2D eigenvalue weighted by molar-refractivity contribution is 9.10. The molecule has 2 fully saturated rings. The van der Waals surface area contributed by atoms with Gasteiger partial charge in [0.25, 0.3) is 0 Å². The van der Waals surface area contributed by atoms with E-state index in [4.69, 9.17) is 9.47 Å². The second-order valence-electron chi connectivity index (χ2n) is 9.20. The minimum absolute atomic E-state index is 0.767. The average molecular weight is 482 g/mol. The molecule has 1 aromatic carbocycles. The second kappa shape index (κ2) is 12.4. The van der Waals surface area contributed by atoms with Gasteiger partial charge in [-0.1, -0.05) is 22.9 Å². The number of ether oxygens (including phenoxy) is 2. The van der Waals surface area contributed by atoms with Gasteiger partial charge in [-0.25, -0.2) is 0 Å². The predicted octanol–water partition coefficient (Wildman–Crippen LogP) is 5.24. The highest BCUT2D eigenvalue weighted by atomic mass is 79.9. The summed E-state index contributed by atoms with van der Waals surface area (Å²) in [5.74, 6) is 2.65. The zero-order chi connectivity index (χ0) is 21.3. The van der Waals surface area contributed by atoms with Crippen LogP contribution in [0.5, 0.6) is 5.75 Å². The summed E-state index contributed by atoms with van der Waals surface area (Å²) in [7, 11) is 3.56. The minimum atomic E-state index is 0.767. The molecule has 1 aliphatic carbocycles. The molecule has 1 aliphatic heterocycles. The van der Waals surface area contributed by atoms with E-state index in [1.165, 1.54) is 68.2 Å². The van der Waals surface area contributed by atoms with Gasteiger partial charge in [0.05, 0.1) is 13.7 Å². The summed E-state index contributed by atoms with van der Waals surface area (Å²) in [4.78, 5) is 5.34. The molecule has 5 heteroatoms. The smallest absolute Gasteiger partial charge is 0.119 e. The average Bonchev–Trinajstić information content (AvgIpc) is 3.22. The molecule has 0 amide bonds. The van der Waals surface area contributed by atoms with Gasteiger partial charge in [0, 0.05) is 30.7 Å². The van der Waals surface area contributed by atoms with E-state index in [0.29, 0.717) is 0 Å². The van der Waals surface area contributed by atoms with Crippen molar-refractivity contribution in [1.82, 2.24) is 9.80 Å². The molecule has 0 radical (unpaired) electrons. The van der Waals surface area contributed by atoms with Crippen molar-refractivity contribution in [2.24, 2.45) is 11.8 Å². The van der Waals surface area contributed by atoms with E-state index in [-0.39, 0.29) is 0 Å². The van der Waals surface area contributed by atoms with Gasteiger partial charge in [-0.2, -0.15) is 0 Å². The molecule has 1 atom stereocenters. The number of hydrogen-bond donors (Lipinski definition) is 0. The lowest BCUT2D eigenvalue weighted by Gasteiger charge is -2.36. The molecule has 4 nitrogen and oxygen atoms in total. The monoisotopic (exact) mass is 480 g/mol. The van der Waals surface area contributed by atoms with Crippen LogP contribution in [0.15, 0.2) is 22.7 Å². The van der Waals surface area contributed by atoms with E-state index in [0.717, 1.165) is 49.7 Å². The van der Waals surface area contributed by atoms with Gasteiger partial charge in [0.1, 0.15) is 5.75 Å². The number of hydrogen-bond acceptors (Lipinski definition) is 4. The fraction of sp³-hybridized carbons (Fsp3) is 0.760. The van der Waals surface area contributed by atoms with Gasteiger partial charge in [-0.05, 0) is 100 Å². The lowest BCUT2D eigenvalue weighted by atomic mass is 9.83. The molecule has 1 unspecified atom stereocenters. The van der Waals surface area contributed by atoms with Crippen molar-refractivity contribution in [1.29, 1.82) is 0 Å². The van der Waals surface area contributed by atoms with Gasteiger partial charge < -0.3 is 14.4 Å².